The molecule has 1 fully saturated rings. The highest BCUT2D eigenvalue weighted by Gasteiger charge is 2.26. The molecule has 1 aliphatic rings. The van der Waals surface area contributed by atoms with E-state index in [9.17, 15) is 0 Å². The molecule has 1 saturated heterocycles. The van der Waals surface area contributed by atoms with Crippen molar-refractivity contribution in [3.05, 3.63) is 21.9 Å². The van der Waals surface area contributed by atoms with Crippen molar-refractivity contribution < 1.29 is 4.74 Å². The molecule has 3 heteroatoms. The average Bonchev–Trinajstić information content (AvgIpc) is 2.79. The number of rotatable bonds is 3. The van der Waals surface area contributed by atoms with Crippen LogP contribution in [0.3, 0.4) is 0 Å². The molecule has 0 amide bonds. The minimum absolute atomic E-state index is 0.369. The van der Waals surface area contributed by atoms with E-state index in [4.69, 9.17) is 4.74 Å². The number of aryl methyl sites for hydroxylation is 1. The summed E-state index contributed by atoms with van der Waals surface area (Å²) in [5.41, 5.74) is 1.38. The van der Waals surface area contributed by atoms with Gasteiger partial charge in [0, 0.05) is 11.5 Å². The summed E-state index contributed by atoms with van der Waals surface area (Å²) in [6, 6.07) is 2.63. The summed E-state index contributed by atoms with van der Waals surface area (Å²) in [5.74, 6) is 0. The second-order valence-corrected chi connectivity index (χ2v) is 4.92. The molecular formula is C11H17NOS. The van der Waals surface area contributed by atoms with Crippen LogP contribution in [-0.4, -0.2) is 19.8 Å². The molecule has 1 aromatic heterocycles. The lowest BCUT2D eigenvalue weighted by Gasteiger charge is -2.21. The normalized spacial score (nSPS) is 24.0. The van der Waals surface area contributed by atoms with Gasteiger partial charge in [0.25, 0.3) is 0 Å². The molecule has 0 radical (unpaired) electrons. The summed E-state index contributed by atoms with van der Waals surface area (Å²) >= 11 is 1.81. The van der Waals surface area contributed by atoms with Crippen molar-refractivity contribution in [2.75, 3.05) is 13.7 Å². The Morgan fingerprint density at radius 1 is 1.64 bits per heavy atom. The Balaban J connectivity index is 2.12. The molecule has 2 nitrogen and oxygen atoms in total. The maximum absolute atomic E-state index is 5.71. The molecule has 2 heterocycles. The molecule has 0 aromatic carbocycles. The van der Waals surface area contributed by atoms with Gasteiger partial charge in [-0.3, -0.25) is 0 Å². The van der Waals surface area contributed by atoms with Crippen molar-refractivity contribution in [2.24, 2.45) is 0 Å². The highest BCUT2D eigenvalue weighted by atomic mass is 32.1. The first-order valence-electron chi connectivity index (χ1n) is 5.15. The molecule has 0 bridgehead atoms. The van der Waals surface area contributed by atoms with Crippen LogP contribution in [0.2, 0.25) is 0 Å². The minimum atomic E-state index is 0.369. The van der Waals surface area contributed by atoms with Crippen LogP contribution in [0.15, 0.2) is 11.4 Å². The van der Waals surface area contributed by atoms with E-state index in [0.29, 0.717) is 12.1 Å². The second kappa shape index (κ2) is 4.43. The zero-order valence-electron chi connectivity index (χ0n) is 8.75. The van der Waals surface area contributed by atoms with Gasteiger partial charge in [-0.25, -0.2) is 0 Å². The fourth-order valence-electron chi connectivity index (χ4n) is 2.06. The van der Waals surface area contributed by atoms with Crippen molar-refractivity contribution in [3.8, 4) is 0 Å². The quantitative estimate of drug-likeness (QED) is 0.829. The standard InChI is InChI=1S/C11H17NOS/c1-8-6-9(7-14-8)11(12-2)10-4-3-5-13-10/h6-7,10-12H,3-5H2,1-2H3. The summed E-state index contributed by atoms with van der Waals surface area (Å²) in [6.45, 7) is 3.07. The van der Waals surface area contributed by atoms with E-state index in [-0.39, 0.29) is 0 Å². The van der Waals surface area contributed by atoms with E-state index in [2.05, 4.69) is 23.7 Å². The van der Waals surface area contributed by atoms with Gasteiger partial charge in [0.05, 0.1) is 12.1 Å². The monoisotopic (exact) mass is 211 g/mol. The number of hydrogen-bond donors (Lipinski definition) is 1. The van der Waals surface area contributed by atoms with Crippen molar-refractivity contribution in [3.63, 3.8) is 0 Å². The van der Waals surface area contributed by atoms with Crippen LogP contribution in [0.25, 0.3) is 0 Å². The predicted molar refractivity (Wildman–Crippen MR) is 59.8 cm³/mol. The third-order valence-electron chi connectivity index (χ3n) is 2.76. The minimum Gasteiger partial charge on any atom is -0.376 e. The maximum Gasteiger partial charge on any atom is 0.0770 e. The van der Waals surface area contributed by atoms with E-state index < -0.39 is 0 Å². The Kier molecular flexibility index (Phi) is 3.21. The van der Waals surface area contributed by atoms with Gasteiger partial charge in [-0.15, -0.1) is 11.3 Å². The summed E-state index contributed by atoms with van der Waals surface area (Å²) in [4.78, 5) is 1.37. The fraction of sp³-hybridized carbons (Fsp3) is 0.636. The van der Waals surface area contributed by atoms with Crippen LogP contribution >= 0.6 is 11.3 Å². The molecule has 1 aliphatic heterocycles. The molecule has 0 aliphatic carbocycles. The zero-order chi connectivity index (χ0) is 9.97. The van der Waals surface area contributed by atoms with Gasteiger partial charge in [-0.2, -0.15) is 0 Å². The van der Waals surface area contributed by atoms with Gasteiger partial charge in [-0.05, 0) is 43.8 Å². The van der Waals surface area contributed by atoms with Crippen molar-refractivity contribution in [1.29, 1.82) is 0 Å². The first kappa shape index (κ1) is 10.1. The molecule has 0 saturated carbocycles. The highest BCUT2D eigenvalue weighted by Crippen LogP contribution is 2.29. The summed E-state index contributed by atoms with van der Waals surface area (Å²) in [7, 11) is 2.01. The van der Waals surface area contributed by atoms with Crippen molar-refractivity contribution in [1.82, 2.24) is 5.32 Å². The smallest absolute Gasteiger partial charge is 0.0770 e. The summed E-state index contributed by atoms with van der Waals surface area (Å²) in [5, 5.41) is 5.59. The average molecular weight is 211 g/mol. The molecule has 1 N–H and O–H groups in total. The van der Waals surface area contributed by atoms with Gasteiger partial charge >= 0.3 is 0 Å². The SMILES string of the molecule is CNC(c1csc(C)c1)C1CCCO1. The van der Waals surface area contributed by atoms with Gasteiger partial charge < -0.3 is 10.1 Å². The third kappa shape index (κ3) is 2.00. The van der Waals surface area contributed by atoms with Gasteiger partial charge in [-0.1, -0.05) is 0 Å². The van der Waals surface area contributed by atoms with E-state index in [1.54, 1.807) is 0 Å². The van der Waals surface area contributed by atoms with E-state index >= 15 is 0 Å². The third-order valence-corrected chi connectivity index (χ3v) is 3.64. The number of hydrogen-bond acceptors (Lipinski definition) is 3. The zero-order valence-corrected chi connectivity index (χ0v) is 9.56. The molecular weight excluding hydrogens is 194 g/mol. The Bertz CT molecular complexity index is 291. The van der Waals surface area contributed by atoms with E-state index in [1.807, 2.05) is 18.4 Å². The maximum atomic E-state index is 5.71. The van der Waals surface area contributed by atoms with Gasteiger partial charge in [0.15, 0.2) is 0 Å². The van der Waals surface area contributed by atoms with Gasteiger partial charge in [0.1, 0.15) is 0 Å². The van der Waals surface area contributed by atoms with Crippen LogP contribution in [-0.2, 0) is 4.74 Å². The second-order valence-electron chi connectivity index (χ2n) is 3.81. The lowest BCUT2D eigenvalue weighted by Crippen LogP contribution is -2.28. The highest BCUT2D eigenvalue weighted by molar-refractivity contribution is 7.10. The van der Waals surface area contributed by atoms with Crippen molar-refractivity contribution >= 4 is 11.3 Å². The lowest BCUT2D eigenvalue weighted by atomic mass is 10.0. The molecule has 0 spiro atoms. The number of likely N-dealkylation sites (N-methyl/N-ethyl adjacent to an activating group) is 1. The topological polar surface area (TPSA) is 21.3 Å². The Labute approximate surface area is 89.3 Å². The van der Waals surface area contributed by atoms with Crippen LogP contribution in [0, 0.1) is 6.92 Å². The number of ether oxygens (including phenoxy) is 1. The molecule has 1 aromatic rings. The molecule has 2 atom stereocenters. The Morgan fingerprint density at radius 3 is 3.00 bits per heavy atom. The van der Waals surface area contributed by atoms with Crippen LogP contribution < -0.4 is 5.32 Å². The molecule has 2 unspecified atom stereocenters. The molecule has 78 valence electrons. The van der Waals surface area contributed by atoms with Crippen LogP contribution in [0.1, 0.15) is 29.3 Å². The Hall–Kier alpha value is -0.380. The van der Waals surface area contributed by atoms with Crippen LogP contribution in [0.5, 0.6) is 0 Å². The number of thiophene rings is 1. The first-order valence-corrected chi connectivity index (χ1v) is 6.03. The molecule has 2 rings (SSSR count). The van der Waals surface area contributed by atoms with Crippen LogP contribution in [0.4, 0.5) is 0 Å². The Morgan fingerprint density at radius 2 is 2.50 bits per heavy atom. The van der Waals surface area contributed by atoms with Crippen molar-refractivity contribution in [2.45, 2.75) is 31.9 Å². The van der Waals surface area contributed by atoms with E-state index in [0.717, 1.165) is 6.61 Å². The lowest BCUT2D eigenvalue weighted by molar-refractivity contribution is 0.0809. The molecule has 14 heavy (non-hydrogen) atoms. The number of nitrogens with one attached hydrogen (secondary N) is 1. The fourth-order valence-corrected chi connectivity index (χ4v) is 2.80. The first-order chi connectivity index (χ1) is 6.81. The summed E-state index contributed by atoms with van der Waals surface area (Å²) < 4.78 is 5.71. The summed E-state index contributed by atoms with van der Waals surface area (Å²) in [6.07, 6.45) is 2.75. The van der Waals surface area contributed by atoms with E-state index in [1.165, 1.54) is 23.3 Å². The largest absolute Gasteiger partial charge is 0.376 e. The van der Waals surface area contributed by atoms with Gasteiger partial charge in [0.2, 0.25) is 0 Å². The predicted octanol–water partition coefficient (Wildman–Crippen LogP) is 2.50.